The summed E-state index contributed by atoms with van der Waals surface area (Å²) >= 11 is 1.68. The summed E-state index contributed by atoms with van der Waals surface area (Å²) in [6, 6.07) is 29.0. The number of amides is 1. The van der Waals surface area contributed by atoms with E-state index in [1.165, 1.54) is 11.1 Å². The maximum Gasteiger partial charge on any atom is 0.239 e. The Morgan fingerprint density at radius 1 is 0.857 bits per heavy atom. The first kappa shape index (κ1) is 23.4. The van der Waals surface area contributed by atoms with Crippen LogP contribution >= 0.6 is 11.3 Å². The van der Waals surface area contributed by atoms with Gasteiger partial charge in [0.05, 0.1) is 12.1 Å². The van der Waals surface area contributed by atoms with E-state index in [0.29, 0.717) is 19.5 Å². The van der Waals surface area contributed by atoms with Gasteiger partial charge in [-0.05, 0) is 29.3 Å². The predicted molar refractivity (Wildman–Crippen MR) is 142 cm³/mol. The number of hydrogen-bond donors (Lipinski definition) is 1. The van der Waals surface area contributed by atoms with Crippen molar-refractivity contribution in [2.75, 3.05) is 26.2 Å². The minimum Gasteiger partial charge on any atom is -0.339 e. The van der Waals surface area contributed by atoms with Crippen LogP contribution in [0.15, 0.2) is 97.3 Å². The molecule has 1 saturated heterocycles. The van der Waals surface area contributed by atoms with Crippen molar-refractivity contribution in [2.24, 2.45) is 5.73 Å². The predicted octanol–water partition coefficient (Wildman–Crippen LogP) is 4.61. The van der Waals surface area contributed by atoms with Gasteiger partial charge in [0.2, 0.25) is 5.91 Å². The van der Waals surface area contributed by atoms with E-state index in [2.05, 4.69) is 82.7 Å². The number of carbonyl (C=O) groups is 1. The normalized spacial score (nSPS) is 15.3. The summed E-state index contributed by atoms with van der Waals surface area (Å²) in [5, 5.41) is 0. The van der Waals surface area contributed by atoms with Crippen molar-refractivity contribution in [3.63, 3.8) is 0 Å². The molecule has 0 bridgehead atoms. The van der Waals surface area contributed by atoms with Gasteiger partial charge in [0.15, 0.2) is 0 Å². The molecule has 5 rings (SSSR count). The van der Waals surface area contributed by atoms with Crippen LogP contribution in [0.2, 0.25) is 0 Å². The molecule has 2 aromatic carbocycles. The lowest BCUT2D eigenvalue weighted by atomic mass is 9.96. The molecule has 1 unspecified atom stereocenters. The third-order valence-electron chi connectivity index (χ3n) is 6.57. The fourth-order valence-corrected chi connectivity index (χ4v) is 5.83. The second-order valence-corrected chi connectivity index (χ2v) is 10.1. The average molecular weight is 483 g/mol. The highest BCUT2D eigenvalue weighted by atomic mass is 32.1. The number of rotatable bonds is 7. The van der Waals surface area contributed by atoms with Crippen LogP contribution in [0.3, 0.4) is 0 Å². The van der Waals surface area contributed by atoms with Crippen molar-refractivity contribution in [3.8, 4) is 10.4 Å². The maximum absolute atomic E-state index is 13.2. The minimum absolute atomic E-state index is 0.0388. The van der Waals surface area contributed by atoms with Crippen LogP contribution in [-0.4, -0.2) is 52.9 Å². The molecule has 0 spiro atoms. The lowest BCUT2D eigenvalue weighted by Crippen LogP contribution is -2.54. The standard InChI is InChI=1S/C29H30N4OS/c30-26(20-25-13-14-27(35-25)24-12-7-15-31-21-24)29(34)33-18-16-32(17-19-33)28(22-8-3-1-4-9-22)23-10-5-2-6-11-23/h1-15,21,26,28H,16-20,30H2. The Kier molecular flexibility index (Phi) is 7.33. The molecule has 0 saturated carbocycles. The van der Waals surface area contributed by atoms with Crippen molar-refractivity contribution >= 4 is 17.2 Å². The molecule has 0 aliphatic carbocycles. The number of pyridine rings is 1. The van der Waals surface area contributed by atoms with Gasteiger partial charge in [-0.25, -0.2) is 0 Å². The fourth-order valence-electron chi connectivity index (χ4n) is 4.78. The van der Waals surface area contributed by atoms with Crippen LogP contribution in [-0.2, 0) is 11.2 Å². The number of thiophene rings is 1. The molecule has 35 heavy (non-hydrogen) atoms. The number of aromatic nitrogens is 1. The highest BCUT2D eigenvalue weighted by molar-refractivity contribution is 7.15. The summed E-state index contributed by atoms with van der Waals surface area (Å²) in [7, 11) is 0. The van der Waals surface area contributed by atoms with E-state index in [1.807, 2.05) is 23.2 Å². The molecular weight excluding hydrogens is 452 g/mol. The summed E-state index contributed by atoms with van der Waals surface area (Å²) in [6.07, 6.45) is 4.19. The number of nitrogens with two attached hydrogens (primary N) is 1. The van der Waals surface area contributed by atoms with Crippen molar-refractivity contribution in [1.82, 2.24) is 14.8 Å². The second-order valence-electron chi connectivity index (χ2n) is 8.90. The highest BCUT2D eigenvalue weighted by Gasteiger charge is 2.30. The summed E-state index contributed by atoms with van der Waals surface area (Å²) in [5.41, 5.74) is 10.0. The molecule has 1 aliphatic rings. The lowest BCUT2D eigenvalue weighted by Gasteiger charge is -2.40. The first-order valence-corrected chi connectivity index (χ1v) is 12.9. The van der Waals surface area contributed by atoms with Crippen LogP contribution in [0, 0.1) is 0 Å². The number of carbonyl (C=O) groups excluding carboxylic acids is 1. The van der Waals surface area contributed by atoms with Crippen molar-refractivity contribution in [3.05, 3.63) is 113 Å². The summed E-state index contributed by atoms with van der Waals surface area (Å²) < 4.78 is 0. The molecule has 178 valence electrons. The molecule has 5 nitrogen and oxygen atoms in total. The van der Waals surface area contributed by atoms with Crippen LogP contribution in [0.5, 0.6) is 0 Å². The van der Waals surface area contributed by atoms with Gasteiger partial charge >= 0.3 is 0 Å². The third kappa shape index (κ3) is 5.51. The molecule has 1 atom stereocenters. The van der Waals surface area contributed by atoms with Crippen LogP contribution < -0.4 is 5.73 Å². The van der Waals surface area contributed by atoms with Gasteiger partial charge in [0.1, 0.15) is 0 Å². The van der Waals surface area contributed by atoms with E-state index in [0.717, 1.165) is 28.4 Å². The topological polar surface area (TPSA) is 62.5 Å². The van der Waals surface area contributed by atoms with Crippen molar-refractivity contribution < 1.29 is 4.79 Å². The Morgan fingerprint density at radius 2 is 1.51 bits per heavy atom. The number of benzene rings is 2. The third-order valence-corrected chi connectivity index (χ3v) is 7.72. The molecular formula is C29H30N4OS. The molecule has 4 aromatic rings. The molecule has 1 aliphatic heterocycles. The molecule has 1 amide bonds. The minimum atomic E-state index is -0.527. The van der Waals surface area contributed by atoms with Crippen LogP contribution in [0.25, 0.3) is 10.4 Å². The van der Waals surface area contributed by atoms with E-state index < -0.39 is 6.04 Å². The first-order chi connectivity index (χ1) is 17.2. The van der Waals surface area contributed by atoms with Gasteiger partial charge in [-0.15, -0.1) is 11.3 Å². The van der Waals surface area contributed by atoms with Crippen LogP contribution in [0.4, 0.5) is 0 Å². The van der Waals surface area contributed by atoms with E-state index in [4.69, 9.17) is 5.73 Å². The number of nitrogens with zero attached hydrogens (tertiary/aromatic N) is 3. The number of hydrogen-bond acceptors (Lipinski definition) is 5. The first-order valence-electron chi connectivity index (χ1n) is 12.1. The summed E-state index contributed by atoms with van der Waals surface area (Å²) in [4.78, 5) is 24.0. The second kappa shape index (κ2) is 11.0. The summed E-state index contributed by atoms with van der Waals surface area (Å²) in [5.74, 6) is 0.0388. The Hall–Kier alpha value is -3.32. The smallest absolute Gasteiger partial charge is 0.239 e. The van der Waals surface area contributed by atoms with Crippen LogP contribution in [0.1, 0.15) is 22.0 Å². The molecule has 0 radical (unpaired) electrons. The molecule has 2 aromatic heterocycles. The lowest BCUT2D eigenvalue weighted by molar-refractivity contribution is -0.134. The Bertz CT molecular complexity index is 1180. The van der Waals surface area contributed by atoms with Gasteiger partial charge in [-0.1, -0.05) is 66.7 Å². The SMILES string of the molecule is NC(Cc1ccc(-c2cccnc2)s1)C(=O)N1CCN(C(c2ccccc2)c2ccccc2)CC1. The molecule has 6 heteroatoms. The van der Waals surface area contributed by atoms with E-state index in [9.17, 15) is 4.79 Å². The Labute approximate surface area is 210 Å². The van der Waals surface area contributed by atoms with E-state index >= 15 is 0 Å². The Morgan fingerprint density at radius 3 is 2.11 bits per heavy atom. The van der Waals surface area contributed by atoms with Gasteiger partial charge in [-0.3, -0.25) is 14.7 Å². The van der Waals surface area contributed by atoms with Crippen molar-refractivity contribution in [2.45, 2.75) is 18.5 Å². The molecule has 1 fully saturated rings. The number of piperazine rings is 1. The summed E-state index contributed by atoms with van der Waals surface area (Å²) in [6.45, 7) is 3.01. The van der Waals surface area contributed by atoms with Gasteiger partial charge < -0.3 is 10.6 Å². The fraction of sp³-hybridized carbons (Fsp3) is 0.241. The average Bonchev–Trinajstić information content (AvgIpc) is 3.39. The zero-order valence-electron chi connectivity index (χ0n) is 19.7. The Balaban J connectivity index is 1.22. The largest absolute Gasteiger partial charge is 0.339 e. The zero-order chi connectivity index (χ0) is 24.0. The van der Waals surface area contributed by atoms with E-state index in [1.54, 1.807) is 17.5 Å². The monoisotopic (exact) mass is 482 g/mol. The molecule has 3 heterocycles. The quantitative estimate of drug-likeness (QED) is 0.418. The molecule has 2 N–H and O–H groups in total. The zero-order valence-corrected chi connectivity index (χ0v) is 20.5. The van der Waals surface area contributed by atoms with Gasteiger partial charge in [0, 0.05) is 60.3 Å². The maximum atomic E-state index is 13.2. The van der Waals surface area contributed by atoms with E-state index in [-0.39, 0.29) is 11.9 Å². The van der Waals surface area contributed by atoms with Gasteiger partial charge in [-0.2, -0.15) is 0 Å². The van der Waals surface area contributed by atoms with Gasteiger partial charge in [0.25, 0.3) is 0 Å². The van der Waals surface area contributed by atoms with Crippen molar-refractivity contribution in [1.29, 1.82) is 0 Å². The highest BCUT2D eigenvalue weighted by Crippen LogP contribution is 2.30.